The van der Waals surface area contributed by atoms with Crippen LogP contribution in [0.2, 0.25) is 0 Å². The van der Waals surface area contributed by atoms with Crippen molar-refractivity contribution in [3.63, 3.8) is 0 Å². The van der Waals surface area contributed by atoms with Crippen LogP contribution >= 0.6 is 0 Å². The SMILES string of the molecule is CCC1CC(NN)CCO1. The molecule has 0 aromatic heterocycles. The van der Waals surface area contributed by atoms with E-state index in [1.54, 1.807) is 0 Å². The van der Waals surface area contributed by atoms with E-state index in [0.717, 1.165) is 25.9 Å². The zero-order valence-electron chi connectivity index (χ0n) is 6.47. The monoisotopic (exact) mass is 144 g/mol. The van der Waals surface area contributed by atoms with Crippen molar-refractivity contribution in [3.8, 4) is 0 Å². The lowest BCUT2D eigenvalue weighted by molar-refractivity contribution is 0.00000648. The standard InChI is InChI=1S/C7H16N2O/c1-2-7-5-6(9-8)3-4-10-7/h6-7,9H,2-5,8H2,1H3. The first-order valence-corrected chi connectivity index (χ1v) is 3.94. The van der Waals surface area contributed by atoms with E-state index in [-0.39, 0.29) is 0 Å². The third-order valence-corrected chi connectivity index (χ3v) is 2.06. The molecule has 3 nitrogen and oxygen atoms in total. The predicted molar refractivity (Wildman–Crippen MR) is 40.4 cm³/mol. The Bertz CT molecular complexity index is 87.6. The van der Waals surface area contributed by atoms with Gasteiger partial charge in [0.25, 0.3) is 0 Å². The Kier molecular flexibility index (Phi) is 3.12. The third kappa shape index (κ3) is 1.94. The first-order valence-electron chi connectivity index (χ1n) is 3.94. The zero-order chi connectivity index (χ0) is 7.40. The van der Waals surface area contributed by atoms with Crippen molar-refractivity contribution in [2.45, 2.75) is 38.3 Å². The van der Waals surface area contributed by atoms with E-state index in [1.807, 2.05) is 0 Å². The Morgan fingerprint density at radius 1 is 1.70 bits per heavy atom. The maximum atomic E-state index is 5.46. The van der Waals surface area contributed by atoms with Crippen LogP contribution in [0.15, 0.2) is 0 Å². The van der Waals surface area contributed by atoms with E-state index < -0.39 is 0 Å². The summed E-state index contributed by atoms with van der Waals surface area (Å²) < 4.78 is 5.46. The average molecular weight is 144 g/mol. The van der Waals surface area contributed by atoms with Gasteiger partial charge in [-0.2, -0.15) is 0 Å². The second-order valence-electron chi connectivity index (χ2n) is 2.79. The van der Waals surface area contributed by atoms with Gasteiger partial charge >= 0.3 is 0 Å². The molecule has 0 spiro atoms. The van der Waals surface area contributed by atoms with Gasteiger partial charge in [0, 0.05) is 12.6 Å². The van der Waals surface area contributed by atoms with E-state index >= 15 is 0 Å². The van der Waals surface area contributed by atoms with Gasteiger partial charge in [-0.1, -0.05) is 6.92 Å². The summed E-state index contributed by atoms with van der Waals surface area (Å²) in [7, 11) is 0. The highest BCUT2D eigenvalue weighted by Gasteiger charge is 2.19. The smallest absolute Gasteiger partial charge is 0.0587 e. The summed E-state index contributed by atoms with van der Waals surface area (Å²) in [5, 5.41) is 0. The minimum atomic E-state index is 0.426. The van der Waals surface area contributed by atoms with E-state index in [1.165, 1.54) is 0 Å². The fraction of sp³-hybridized carbons (Fsp3) is 1.00. The molecular weight excluding hydrogens is 128 g/mol. The highest BCUT2D eigenvalue weighted by atomic mass is 16.5. The van der Waals surface area contributed by atoms with Gasteiger partial charge in [-0.3, -0.25) is 11.3 Å². The van der Waals surface area contributed by atoms with Gasteiger partial charge in [0.05, 0.1) is 6.10 Å². The Morgan fingerprint density at radius 2 is 2.50 bits per heavy atom. The Balaban J connectivity index is 2.25. The molecule has 0 aromatic carbocycles. The van der Waals surface area contributed by atoms with Gasteiger partial charge in [-0.25, -0.2) is 0 Å². The van der Waals surface area contributed by atoms with Crippen molar-refractivity contribution in [3.05, 3.63) is 0 Å². The summed E-state index contributed by atoms with van der Waals surface area (Å²) in [4.78, 5) is 0. The van der Waals surface area contributed by atoms with Crippen molar-refractivity contribution < 1.29 is 4.74 Å². The van der Waals surface area contributed by atoms with Gasteiger partial charge in [0.2, 0.25) is 0 Å². The summed E-state index contributed by atoms with van der Waals surface area (Å²) >= 11 is 0. The second kappa shape index (κ2) is 3.91. The number of nitrogens with one attached hydrogen (secondary N) is 1. The van der Waals surface area contributed by atoms with Crippen LogP contribution < -0.4 is 11.3 Å². The number of hydrogen-bond acceptors (Lipinski definition) is 3. The largest absolute Gasteiger partial charge is 0.378 e. The molecule has 10 heavy (non-hydrogen) atoms. The lowest BCUT2D eigenvalue weighted by Crippen LogP contribution is -2.42. The lowest BCUT2D eigenvalue weighted by Gasteiger charge is -2.28. The van der Waals surface area contributed by atoms with Crippen LogP contribution in [0.5, 0.6) is 0 Å². The molecule has 1 aliphatic rings. The summed E-state index contributed by atoms with van der Waals surface area (Å²) in [5.74, 6) is 5.31. The molecule has 1 saturated heterocycles. The summed E-state index contributed by atoms with van der Waals surface area (Å²) in [6.45, 7) is 3.00. The van der Waals surface area contributed by atoms with Crippen LogP contribution in [0, 0.1) is 0 Å². The topological polar surface area (TPSA) is 47.3 Å². The van der Waals surface area contributed by atoms with Crippen LogP contribution in [0.4, 0.5) is 0 Å². The molecule has 1 heterocycles. The normalized spacial score (nSPS) is 34.2. The third-order valence-electron chi connectivity index (χ3n) is 2.06. The van der Waals surface area contributed by atoms with Gasteiger partial charge in [-0.15, -0.1) is 0 Å². The molecule has 0 aliphatic carbocycles. The maximum absolute atomic E-state index is 5.46. The number of ether oxygens (including phenoxy) is 1. The summed E-state index contributed by atoms with van der Waals surface area (Å²) in [6.07, 6.45) is 3.63. The van der Waals surface area contributed by atoms with Crippen molar-refractivity contribution >= 4 is 0 Å². The molecule has 3 heteroatoms. The Hall–Kier alpha value is -0.120. The van der Waals surface area contributed by atoms with Gasteiger partial charge in [0.1, 0.15) is 0 Å². The molecule has 1 aliphatic heterocycles. The number of rotatable bonds is 2. The molecular formula is C7H16N2O. The Labute approximate surface area is 61.9 Å². The molecule has 0 aromatic rings. The second-order valence-corrected chi connectivity index (χ2v) is 2.79. The fourth-order valence-electron chi connectivity index (χ4n) is 1.32. The average Bonchev–Trinajstić information content (AvgIpc) is 2.05. The van der Waals surface area contributed by atoms with Gasteiger partial charge in [0.15, 0.2) is 0 Å². The van der Waals surface area contributed by atoms with Crippen LogP contribution in [-0.2, 0) is 4.74 Å². The molecule has 1 fully saturated rings. The van der Waals surface area contributed by atoms with Crippen LogP contribution in [0.1, 0.15) is 26.2 Å². The molecule has 0 bridgehead atoms. The van der Waals surface area contributed by atoms with E-state index in [4.69, 9.17) is 10.6 Å². The summed E-state index contributed by atoms with van der Waals surface area (Å²) in [6, 6.07) is 0.471. The minimum absolute atomic E-state index is 0.426. The van der Waals surface area contributed by atoms with Gasteiger partial charge in [-0.05, 0) is 19.3 Å². The van der Waals surface area contributed by atoms with E-state index in [9.17, 15) is 0 Å². The van der Waals surface area contributed by atoms with Crippen molar-refractivity contribution in [2.75, 3.05) is 6.61 Å². The Morgan fingerprint density at radius 3 is 3.10 bits per heavy atom. The van der Waals surface area contributed by atoms with E-state index in [0.29, 0.717) is 12.1 Å². The van der Waals surface area contributed by atoms with Crippen LogP contribution in [-0.4, -0.2) is 18.8 Å². The molecule has 0 saturated carbocycles. The van der Waals surface area contributed by atoms with Crippen molar-refractivity contribution in [1.82, 2.24) is 5.43 Å². The molecule has 60 valence electrons. The number of hydrazine groups is 1. The molecule has 2 atom stereocenters. The quantitative estimate of drug-likeness (QED) is 0.436. The highest BCUT2D eigenvalue weighted by Crippen LogP contribution is 2.15. The maximum Gasteiger partial charge on any atom is 0.0587 e. The first kappa shape index (κ1) is 7.98. The fourth-order valence-corrected chi connectivity index (χ4v) is 1.32. The molecule has 2 unspecified atom stereocenters. The van der Waals surface area contributed by atoms with Crippen molar-refractivity contribution in [1.29, 1.82) is 0 Å². The summed E-state index contributed by atoms with van der Waals surface area (Å²) in [5.41, 5.74) is 2.79. The lowest BCUT2D eigenvalue weighted by atomic mass is 10.0. The molecule has 3 N–H and O–H groups in total. The minimum Gasteiger partial charge on any atom is -0.378 e. The molecule has 1 rings (SSSR count). The number of nitrogens with two attached hydrogens (primary N) is 1. The first-order chi connectivity index (χ1) is 4.86. The van der Waals surface area contributed by atoms with E-state index in [2.05, 4.69) is 12.3 Å². The van der Waals surface area contributed by atoms with Crippen molar-refractivity contribution in [2.24, 2.45) is 5.84 Å². The number of hydrogen-bond donors (Lipinski definition) is 2. The van der Waals surface area contributed by atoms with Gasteiger partial charge < -0.3 is 4.74 Å². The molecule has 0 amide bonds. The van der Waals surface area contributed by atoms with Crippen LogP contribution in [0.3, 0.4) is 0 Å². The zero-order valence-corrected chi connectivity index (χ0v) is 6.47. The van der Waals surface area contributed by atoms with Crippen LogP contribution in [0.25, 0.3) is 0 Å². The molecule has 0 radical (unpaired) electrons. The highest BCUT2D eigenvalue weighted by molar-refractivity contribution is 4.73. The predicted octanol–water partition coefficient (Wildman–Crippen LogP) is 0.407.